The Morgan fingerprint density at radius 1 is 0.969 bits per heavy atom. The molecule has 5 rings (SSSR count). The van der Waals surface area contributed by atoms with Crippen LogP contribution in [0.2, 0.25) is 0 Å². The zero-order chi connectivity index (χ0) is 22.6. The maximum absolute atomic E-state index is 13.4. The summed E-state index contributed by atoms with van der Waals surface area (Å²) in [5, 5.41) is 1.30. The SMILES string of the molecule is CCN1C(=O)/C(=c2\s/c(=C3\Sc4ccccc4N3C)c(=O)n2C)N(c2ccccc2)C1=S. The first kappa shape index (κ1) is 21.0. The Labute approximate surface area is 198 Å². The fraction of sp³-hybridized carbons (Fsp3) is 0.174. The number of thiazole rings is 1. The van der Waals surface area contributed by atoms with Gasteiger partial charge in [-0.1, -0.05) is 42.1 Å². The third-order valence-corrected chi connectivity index (χ3v) is 8.56. The van der Waals surface area contributed by atoms with Crippen LogP contribution in [0.3, 0.4) is 0 Å². The number of hydrogen-bond acceptors (Lipinski definition) is 6. The third-order valence-electron chi connectivity index (χ3n) is 5.56. The van der Waals surface area contributed by atoms with E-state index in [-0.39, 0.29) is 11.5 Å². The highest BCUT2D eigenvalue weighted by atomic mass is 32.2. The molecule has 3 aromatic rings. The van der Waals surface area contributed by atoms with Crippen molar-refractivity contribution in [2.24, 2.45) is 7.05 Å². The highest BCUT2D eigenvalue weighted by Gasteiger charge is 2.40. The molecule has 3 heterocycles. The van der Waals surface area contributed by atoms with Crippen LogP contribution in [0.4, 0.5) is 11.4 Å². The van der Waals surface area contributed by atoms with Gasteiger partial charge in [0, 0.05) is 31.2 Å². The molecule has 0 radical (unpaired) electrons. The van der Waals surface area contributed by atoms with Crippen LogP contribution in [0.15, 0.2) is 64.3 Å². The normalized spacial score (nSPS) is 19.3. The molecule has 2 aliphatic heterocycles. The van der Waals surface area contributed by atoms with Crippen molar-refractivity contribution >= 4 is 68.4 Å². The van der Waals surface area contributed by atoms with Gasteiger partial charge in [0.2, 0.25) is 0 Å². The molecule has 0 N–H and O–H groups in total. The average Bonchev–Trinajstić information content (AvgIpc) is 3.38. The number of nitrogens with zero attached hydrogens (tertiary/aromatic N) is 4. The van der Waals surface area contributed by atoms with Gasteiger partial charge in [-0.2, -0.15) is 0 Å². The standard InChI is InChI=1S/C23H20N4O2S3/c1-4-26-19(28)17(27(23(26)30)14-10-6-5-7-11-14)21-25(3)20(29)18(32-21)22-24(2)15-12-8-9-13-16(15)31-22/h5-13H,4H2,1-3H3/b21-17+,22-18-. The van der Waals surface area contributed by atoms with E-state index < -0.39 is 0 Å². The summed E-state index contributed by atoms with van der Waals surface area (Å²) in [5.74, 6) is -0.189. The van der Waals surface area contributed by atoms with Crippen molar-refractivity contribution in [3.63, 3.8) is 0 Å². The van der Waals surface area contributed by atoms with Gasteiger partial charge < -0.3 is 9.47 Å². The summed E-state index contributed by atoms with van der Waals surface area (Å²) < 4.78 is 2.77. The van der Waals surface area contributed by atoms with E-state index in [2.05, 4.69) is 0 Å². The number of thioether (sulfide) groups is 1. The molecule has 32 heavy (non-hydrogen) atoms. The van der Waals surface area contributed by atoms with Crippen molar-refractivity contribution in [2.45, 2.75) is 11.8 Å². The largest absolute Gasteiger partial charge is 0.337 e. The second kappa shape index (κ2) is 7.91. The number of carbonyl (C=O) groups is 1. The minimum atomic E-state index is -0.189. The molecule has 0 bridgehead atoms. The molecule has 6 nitrogen and oxygen atoms in total. The number of para-hydroxylation sites is 2. The van der Waals surface area contributed by atoms with Gasteiger partial charge >= 0.3 is 0 Å². The summed E-state index contributed by atoms with van der Waals surface area (Å²) in [5.41, 5.74) is 2.16. The lowest BCUT2D eigenvalue weighted by molar-refractivity contribution is -0.120. The van der Waals surface area contributed by atoms with Crippen LogP contribution in [0.5, 0.6) is 0 Å². The molecule has 1 saturated heterocycles. The lowest BCUT2D eigenvalue weighted by Gasteiger charge is -2.19. The van der Waals surface area contributed by atoms with Gasteiger partial charge in [-0.05, 0) is 43.4 Å². The number of aromatic nitrogens is 1. The van der Waals surface area contributed by atoms with Gasteiger partial charge in [0.1, 0.15) is 19.9 Å². The summed E-state index contributed by atoms with van der Waals surface area (Å²) in [6, 6.07) is 17.6. The highest BCUT2D eigenvalue weighted by molar-refractivity contribution is 8.08. The number of hydrogen-bond donors (Lipinski definition) is 0. The average molecular weight is 481 g/mol. The maximum Gasteiger partial charge on any atom is 0.280 e. The predicted molar refractivity (Wildman–Crippen MR) is 135 cm³/mol. The van der Waals surface area contributed by atoms with Crippen molar-refractivity contribution in [3.8, 4) is 0 Å². The molecule has 2 aromatic carbocycles. The summed E-state index contributed by atoms with van der Waals surface area (Å²) in [6.45, 7) is 2.36. The van der Waals surface area contributed by atoms with E-state index in [0.717, 1.165) is 21.3 Å². The van der Waals surface area contributed by atoms with E-state index in [9.17, 15) is 9.59 Å². The minimum Gasteiger partial charge on any atom is -0.337 e. The van der Waals surface area contributed by atoms with Gasteiger partial charge in [0.25, 0.3) is 11.5 Å². The van der Waals surface area contributed by atoms with Crippen molar-refractivity contribution in [3.05, 3.63) is 74.1 Å². The number of rotatable bonds is 2. The lowest BCUT2D eigenvalue weighted by atomic mass is 10.3. The Hall–Kier alpha value is -2.88. The molecule has 1 amide bonds. The number of thiocarbonyl (C=S) groups is 1. The summed E-state index contributed by atoms with van der Waals surface area (Å²) in [7, 11) is 3.68. The Morgan fingerprint density at radius 2 is 1.66 bits per heavy atom. The van der Waals surface area contributed by atoms with Gasteiger partial charge in [-0.3, -0.25) is 19.4 Å². The first-order valence-corrected chi connectivity index (χ1v) is 12.1. The Kier molecular flexibility index (Phi) is 5.19. The molecule has 2 aliphatic rings. The second-order valence-corrected chi connectivity index (χ2v) is 9.78. The molecular formula is C23H20N4O2S3. The fourth-order valence-electron chi connectivity index (χ4n) is 3.91. The molecule has 0 unspecified atom stereocenters. The molecule has 0 spiro atoms. The molecule has 0 atom stereocenters. The van der Waals surface area contributed by atoms with E-state index in [1.807, 2.05) is 73.5 Å². The zero-order valence-electron chi connectivity index (χ0n) is 17.7. The molecule has 1 aromatic heterocycles. The molecule has 1 fully saturated rings. The van der Waals surface area contributed by atoms with Crippen molar-refractivity contribution in [1.82, 2.24) is 9.47 Å². The minimum absolute atomic E-state index is 0.124. The van der Waals surface area contributed by atoms with Gasteiger partial charge in [-0.25, -0.2) is 0 Å². The third kappa shape index (κ3) is 3.03. The summed E-state index contributed by atoms with van der Waals surface area (Å²) >= 11 is 8.58. The van der Waals surface area contributed by atoms with E-state index >= 15 is 0 Å². The molecule has 0 aliphatic carbocycles. The van der Waals surface area contributed by atoms with Crippen LogP contribution in [-0.4, -0.2) is 34.1 Å². The number of fused-ring (bicyclic) bond motifs is 1. The van der Waals surface area contributed by atoms with E-state index in [1.54, 1.807) is 33.2 Å². The molecule has 162 valence electrons. The Bertz CT molecular complexity index is 1440. The van der Waals surface area contributed by atoms with Gasteiger partial charge in [0.05, 0.1) is 5.69 Å². The highest BCUT2D eigenvalue weighted by Crippen LogP contribution is 2.45. The van der Waals surface area contributed by atoms with Crippen molar-refractivity contribution < 1.29 is 4.79 Å². The predicted octanol–water partition coefficient (Wildman–Crippen LogP) is 2.52. The number of benzene rings is 2. The second-order valence-electron chi connectivity index (χ2n) is 7.39. The van der Waals surface area contributed by atoms with Crippen LogP contribution in [0, 0.1) is 0 Å². The number of amides is 1. The summed E-state index contributed by atoms with van der Waals surface area (Å²) in [6.07, 6.45) is 0. The number of likely N-dealkylation sites (N-methyl/N-ethyl adjacent to an activating group) is 1. The summed E-state index contributed by atoms with van der Waals surface area (Å²) in [4.78, 5) is 33.2. The van der Waals surface area contributed by atoms with Crippen LogP contribution in [0.1, 0.15) is 6.92 Å². The maximum atomic E-state index is 13.4. The molecule has 9 heteroatoms. The Balaban J connectivity index is 1.80. The quantitative estimate of drug-likeness (QED) is 0.526. The Morgan fingerprint density at radius 3 is 2.34 bits per heavy atom. The molecule has 0 saturated carbocycles. The van der Waals surface area contributed by atoms with Crippen molar-refractivity contribution in [2.75, 3.05) is 23.4 Å². The smallest absolute Gasteiger partial charge is 0.280 e. The fourth-order valence-corrected chi connectivity index (χ4v) is 6.78. The van der Waals surface area contributed by atoms with Crippen LogP contribution in [-0.2, 0) is 11.8 Å². The van der Waals surface area contributed by atoms with Crippen LogP contribution >= 0.6 is 35.3 Å². The van der Waals surface area contributed by atoms with Gasteiger partial charge in [-0.15, -0.1) is 11.3 Å². The first-order chi connectivity index (χ1) is 15.4. The first-order valence-electron chi connectivity index (χ1n) is 10.1. The van der Waals surface area contributed by atoms with Crippen LogP contribution in [0.25, 0.3) is 10.7 Å². The van der Waals surface area contributed by atoms with Crippen LogP contribution < -0.4 is 24.6 Å². The topological polar surface area (TPSA) is 48.8 Å². The van der Waals surface area contributed by atoms with E-state index in [4.69, 9.17) is 12.2 Å². The zero-order valence-corrected chi connectivity index (χ0v) is 20.2. The number of carbonyl (C=O) groups excluding carboxylic acids is 1. The van der Waals surface area contributed by atoms with Crippen molar-refractivity contribution in [1.29, 1.82) is 0 Å². The monoisotopic (exact) mass is 480 g/mol. The molecular weight excluding hydrogens is 460 g/mol. The lowest BCUT2D eigenvalue weighted by Crippen LogP contribution is -2.34. The van der Waals surface area contributed by atoms with E-state index in [1.165, 1.54) is 11.3 Å². The van der Waals surface area contributed by atoms with Gasteiger partial charge in [0.15, 0.2) is 5.11 Å². The van der Waals surface area contributed by atoms with E-state index in [0.29, 0.717) is 26.5 Å². The number of anilines is 2.